The normalized spacial score (nSPS) is 10.5. The molecule has 0 spiro atoms. The lowest BCUT2D eigenvalue weighted by atomic mass is 10.1. The third-order valence-corrected chi connectivity index (χ3v) is 5.86. The zero-order chi connectivity index (χ0) is 26.1. The van der Waals surface area contributed by atoms with Crippen molar-refractivity contribution in [2.75, 3.05) is 53.3 Å². The van der Waals surface area contributed by atoms with Gasteiger partial charge in [-0.25, -0.2) is 4.79 Å². The van der Waals surface area contributed by atoms with E-state index in [0.717, 1.165) is 57.1 Å². The Kier molecular flexibility index (Phi) is 15.6. The van der Waals surface area contributed by atoms with Gasteiger partial charge in [0.2, 0.25) is 5.91 Å². The molecule has 0 unspecified atom stereocenters. The lowest BCUT2D eigenvalue weighted by molar-refractivity contribution is -0.116. The van der Waals surface area contributed by atoms with Gasteiger partial charge in [0.15, 0.2) is 0 Å². The molecule has 198 valence electrons. The van der Waals surface area contributed by atoms with Crippen molar-refractivity contribution in [3.8, 4) is 5.75 Å². The molecule has 10 heteroatoms. The Morgan fingerprint density at radius 1 is 0.943 bits per heavy atom. The molecule has 0 aliphatic rings. The van der Waals surface area contributed by atoms with Crippen LogP contribution in [0.1, 0.15) is 56.9 Å². The highest BCUT2D eigenvalue weighted by atomic mass is 35.5. The minimum absolute atomic E-state index is 0.00223. The highest BCUT2D eigenvalue weighted by molar-refractivity contribution is 6.62. The van der Waals surface area contributed by atoms with E-state index < -0.39 is 11.5 Å². The minimum Gasteiger partial charge on any atom is -0.495 e. The molecular weight excluding hydrogens is 472 g/mol. The molecule has 1 aromatic rings. The van der Waals surface area contributed by atoms with Gasteiger partial charge in [-0.15, -0.1) is 0 Å². The van der Waals surface area contributed by atoms with E-state index in [4.69, 9.17) is 21.1 Å². The molecular formula is C25H41ClN4O5. The molecule has 0 aromatic heterocycles. The number of hydrogen-bond acceptors (Lipinski definition) is 6. The number of carbonyl (C=O) groups is 3. The summed E-state index contributed by atoms with van der Waals surface area (Å²) in [4.78, 5) is 37.9. The Labute approximate surface area is 214 Å². The number of nitrogens with one attached hydrogen (secondary N) is 2. The SMILES string of the molecule is CNCc1ccc(OC)c(NC(=O)CCCCCCCCCOC(=O)N(C)CCN(C)C(=O)Cl)c1. The molecule has 0 aliphatic carbocycles. The number of anilines is 1. The molecule has 0 saturated carbocycles. The maximum Gasteiger partial charge on any atom is 0.409 e. The van der Waals surface area contributed by atoms with Crippen molar-refractivity contribution in [2.24, 2.45) is 0 Å². The van der Waals surface area contributed by atoms with Gasteiger partial charge < -0.3 is 29.9 Å². The molecule has 0 aliphatic heterocycles. The van der Waals surface area contributed by atoms with E-state index in [0.29, 0.717) is 37.6 Å². The number of likely N-dealkylation sites (N-methyl/N-ethyl adjacent to an activating group) is 2. The number of ether oxygens (including phenoxy) is 2. The van der Waals surface area contributed by atoms with E-state index in [1.165, 1.54) is 9.80 Å². The first-order valence-electron chi connectivity index (χ1n) is 12.2. The van der Waals surface area contributed by atoms with Crippen LogP contribution < -0.4 is 15.4 Å². The van der Waals surface area contributed by atoms with Gasteiger partial charge in [-0.1, -0.05) is 38.2 Å². The fraction of sp³-hybridized carbons (Fsp3) is 0.640. The van der Waals surface area contributed by atoms with Gasteiger partial charge in [0.25, 0.3) is 0 Å². The highest BCUT2D eigenvalue weighted by Crippen LogP contribution is 2.26. The number of rotatable bonds is 17. The summed E-state index contributed by atoms with van der Waals surface area (Å²) < 4.78 is 10.6. The summed E-state index contributed by atoms with van der Waals surface area (Å²) in [6, 6.07) is 5.78. The van der Waals surface area contributed by atoms with Crippen LogP contribution in [0.2, 0.25) is 0 Å². The van der Waals surface area contributed by atoms with Gasteiger partial charge in [-0.05, 0) is 49.2 Å². The number of amides is 3. The van der Waals surface area contributed by atoms with Gasteiger partial charge in [0.1, 0.15) is 5.75 Å². The fourth-order valence-corrected chi connectivity index (χ4v) is 3.48. The Morgan fingerprint density at radius 3 is 2.20 bits per heavy atom. The summed E-state index contributed by atoms with van der Waals surface area (Å²) in [5.41, 5.74) is 1.79. The first-order valence-corrected chi connectivity index (χ1v) is 12.6. The number of benzene rings is 1. The zero-order valence-corrected chi connectivity index (χ0v) is 22.3. The zero-order valence-electron chi connectivity index (χ0n) is 21.5. The number of carbonyl (C=O) groups excluding carboxylic acids is 3. The van der Waals surface area contributed by atoms with E-state index in [9.17, 15) is 14.4 Å². The minimum atomic E-state index is -0.554. The molecule has 0 radical (unpaired) electrons. The molecule has 0 atom stereocenters. The van der Waals surface area contributed by atoms with Crippen molar-refractivity contribution in [3.05, 3.63) is 23.8 Å². The standard InChI is InChI=1S/C25H41ClN4O5/c1-27-19-20-13-14-22(34-4)21(18-20)28-23(31)12-10-8-6-5-7-9-11-17-35-25(33)30(3)16-15-29(2)24(26)32/h13-14,18,27H,5-12,15-17,19H2,1-4H3,(H,28,31). The molecule has 2 N–H and O–H groups in total. The summed E-state index contributed by atoms with van der Waals surface area (Å²) >= 11 is 5.36. The third-order valence-electron chi connectivity index (χ3n) is 5.58. The maximum atomic E-state index is 12.3. The number of methoxy groups -OCH3 is 1. The van der Waals surface area contributed by atoms with E-state index in [2.05, 4.69) is 10.6 Å². The summed E-state index contributed by atoms with van der Waals surface area (Å²) in [7, 11) is 6.69. The third kappa shape index (κ3) is 13.2. The van der Waals surface area contributed by atoms with Crippen molar-refractivity contribution >= 4 is 34.7 Å². The lowest BCUT2D eigenvalue weighted by Gasteiger charge is -2.20. The number of halogens is 1. The number of nitrogens with zero attached hydrogens (tertiary/aromatic N) is 2. The predicted molar refractivity (Wildman–Crippen MR) is 139 cm³/mol. The van der Waals surface area contributed by atoms with Crippen LogP contribution in [-0.4, -0.2) is 75.1 Å². The Hall–Kier alpha value is -2.52. The smallest absolute Gasteiger partial charge is 0.409 e. The fourth-order valence-electron chi connectivity index (χ4n) is 3.40. The van der Waals surface area contributed by atoms with Crippen LogP contribution in [0.15, 0.2) is 18.2 Å². The molecule has 0 bridgehead atoms. The highest BCUT2D eigenvalue weighted by Gasteiger charge is 2.12. The second-order valence-electron chi connectivity index (χ2n) is 8.55. The molecule has 9 nitrogen and oxygen atoms in total. The summed E-state index contributed by atoms with van der Waals surface area (Å²) in [6.45, 7) is 1.82. The van der Waals surface area contributed by atoms with Crippen molar-refractivity contribution in [1.82, 2.24) is 15.1 Å². The lowest BCUT2D eigenvalue weighted by Crippen LogP contribution is -2.36. The van der Waals surface area contributed by atoms with Crippen LogP contribution in [0.3, 0.4) is 0 Å². The van der Waals surface area contributed by atoms with Crippen LogP contribution >= 0.6 is 11.6 Å². The summed E-state index contributed by atoms with van der Waals surface area (Å²) in [6.07, 6.45) is 6.97. The second-order valence-corrected chi connectivity index (χ2v) is 8.87. The van der Waals surface area contributed by atoms with Crippen LogP contribution in [0, 0.1) is 0 Å². The topological polar surface area (TPSA) is 100 Å². The molecule has 0 fully saturated rings. The van der Waals surface area contributed by atoms with Crippen molar-refractivity contribution in [2.45, 2.75) is 57.9 Å². The van der Waals surface area contributed by atoms with E-state index >= 15 is 0 Å². The van der Waals surface area contributed by atoms with Crippen LogP contribution in [0.25, 0.3) is 0 Å². The monoisotopic (exact) mass is 512 g/mol. The van der Waals surface area contributed by atoms with Crippen LogP contribution in [-0.2, 0) is 16.1 Å². The molecule has 0 heterocycles. The number of hydrogen-bond donors (Lipinski definition) is 2. The van der Waals surface area contributed by atoms with Gasteiger partial charge in [0, 0.05) is 40.2 Å². The summed E-state index contributed by atoms with van der Waals surface area (Å²) in [5.74, 6) is 0.656. The average molecular weight is 513 g/mol. The molecule has 3 amide bonds. The average Bonchev–Trinajstić information content (AvgIpc) is 2.83. The van der Waals surface area contributed by atoms with E-state index in [1.807, 2.05) is 25.2 Å². The quantitative estimate of drug-likeness (QED) is 0.176. The van der Waals surface area contributed by atoms with Crippen molar-refractivity contribution in [3.63, 3.8) is 0 Å². The van der Waals surface area contributed by atoms with Crippen LogP contribution in [0.4, 0.5) is 15.3 Å². The van der Waals surface area contributed by atoms with Gasteiger partial charge in [0.05, 0.1) is 19.4 Å². The predicted octanol–water partition coefficient (Wildman–Crippen LogP) is 4.83. The van der Waals surface area contributed by atoms with Gasteiger partial charge in [-0.2, -0.15) is 0 Å². The van der Waals surface area contributed by atoms with Gasteiger partial charge >= 0.3 is 11.5 Å². The molecule has 0 saturated heterocycles. The Balaban J connectivity index is 2.08. The first-order chi connectivity index (χ1) is 16.8. The Morgan fingerprint density at radius 2 is 1.57 bits per heavy atom. The maximum absolute atomic E-state index is 12.3. The second kappa shape index (κ2) is 17.8. The van der Waals surface area contributed by atoms with Crippen LogP contribution in [0.5, 0.6) is 5.75 Å². The van der Waals surface area contributed by atoms with E-state index in [-0.39, 0.29) is 5.91 Å². The number of unbranched alkanes of at least 4 members (excludes halogenated alkanes) is 6. The van der Waals surface area contributed by atoms with Crippen molar-refractivity contribution in [1.29, 1.82) is 0 Å². The van der Waals surface area contributed by atoms with Gasteiger partial charge in [-0.3, -0.25) is 9.59 Å². The molecule has 1 aromatic carbocycles. The Bertz CT molecular complexity index is 793. The van der Waals surface area contributed by atoms with Crippen molar-refractivity contribution < 1.29 is 23.9 Å². The molecule has 1 rings (SSSR count). The summed E-state index contributed by atoms with van der Waals surface area (Å²) in [5, 5.41) is 5.51. The van der Waals surface area contributed by atoms with E-state index in [1.54, 1.807) is 21.2 Å². The first kappa shape index (κ1) is 30.5. The molecule has 35 heavy (non-hydrogen) atoms. The largest absolute Gasteiger partial charge is 0.495 e.